The SMILES string of the molecule is CC(C)C1=[C]([Zr]([C]2=CC=CC2)[SiH](C)C)CC=C1.Cl.Cl. The van der Waals surface area contributed by atoms with Crippen LogP contribution < -0.4 is 0 Å². The maximum Gasteiger partial charge on any atom is -0.147 e. The van der Waals surface area contributed by atoms with E-state index in [9.17, 15) is 0 Å². The van der Waals surface area contributed by atoms with Crippen LogP contribution in [0.5, 0.6) is 0 Å². The van der Waals surface area contributed by atoms with E-state index in [2.05, 4.69) is 57.3 Å². The molecule has 2 aliphatic carbocycles. The van der Waals surface area contributed by atoms with Gasteiger partial charge in [0.1, 0.15) is 0 Å². The molecule has 0 aliphatic heterocycles. The van der Waals surface area contributed by atoms with Crippen LogP contribution in [0, 0.1) is 5.92 Å². The molecule has 0 nitrogen and oxygen atoms in total. The minimum absolute atomic E-state index is 0. The molecule has 0 radical (unpaired) electrons. The standard InChI is InChI=1S/C8H11.C5H5.C2H7Si.2ClH.Zr/c1-7(2)8-5-3-4-6-8;1-2-4-5-3-1;1-3-2;;;/h3,5,7H,4H2,1-2H3;1-3H,4H2;3H,1-2H3;2*1H;. The van der Waals surface area contributed by atoms with E-state index in [1.54, 1.807) is 5.57 Å². The van der Waals surface area contributed by atoms with E-state index in [1.165, 1.54) is 12.8 Å². The summed E-state index contributed by atoms with van der Waals surface area (Å²) >= 11 is -1.42. The summed E-state index contributed by atoms with van der Waals surface area (Å²) in [5.74, 6) is 0.243. The Morgan fingerprint density at radius 1 is 1.11 bits per heavy atom. The maximum atomic E-state index is 2.58. The molecule has 0 unspecified atom stereocenters. The van der Waals surface area contributed by atoms with Gasteiger partial charge in [-0.05, 0) is 0 Å². The molecule has 2 rings (SSSR count). The van der Waals surface area contributed by atoms with Crippen molar-refractivity contribution in [2.45, 2.75) is 39.8 Å². The predicted molar refractivity (Wildman–Crippen MR) is 90.8 cm³/mol. The van der Waals surface area contributed by atoms with Gasteiger partial charge in [0, 0.05) is 0 Å². The van der Waals surface area contributed by atoms with E-state index in [0.717, 1.165) is 5.92 Å². The Hall–Kier alpha value is 0.640. The third-order valence-corrected chi connectivity index (χ3v) is 23.0. The first-order valence-electron chi connectivity index (χ1n) is 6.74. The average molecular weight is 396 g/mol. The van der Waals surface area contributed by atoms with Crippen LogP contribution in [0.25, 0.3) is 0 Å². The van der Waals surface area contributed by atoms with Crippen LogP contribution in [0.1, 0.15) is 26.7 Å². The van der Waals surface area contributed by atoms with E-state index in [1.807, 2.05) is 6.56 Å². The molecule has 0 heterocycles. The molecular weight excluding hydrogens is 370 g/mol. The first kappa shape index (κ1) is 19.6. The second-order valence-electron chi connectivity index (χ2n) is 5.59. The van der Waals surface area contributed by atoms with Crippen LogP contribution in [0.2, 0.25) is 13.1 Å². The Labute approximate surface area is 139 Å². The molecule has 0 aromatic rings. The van der Waals surface area contributed by atoms with Crippen molar-refractivity contribution in [2.24, 2.45) is 5.92 Å². The zero-order valence-electron chi connectivity index (χ0n) is 12.3. The summed E-state index contributed by atoms with van der Waals surface area (Å²) in [5, 5.41) is 0. The Kier molecular flexibility index (Phi) is 9.12. The van der Waals surface area contributed by atoms with Gasteiger partial charge in [0.15, 0.2) is 0 Å². The fraction of sp³-hybridized carbons (Fsp3) is 0.467. The molecule has 0 saturated carbocycles. The van der Waals surface area contributed by atoms with Gasteiger partial charge in [0.05, 0.1) is 0 Å². The summed E-state index contributed by atoms with van der Waals surface area (Å²) in [6, 6.07) is 0. The predicted octanol–water partition coefficient (Wildman–Crippen LogP) is 5.15. The van der Waals surface area contributed by atoms with Gasteiger partial charge in [-0.25, -0.2) is 0 Å². The summed E-state index contributed by atoms with van der Waals surface area (Å²) in [7, 11) is 0. The molecule has 4 heteroatoms. The molecule has 0 saturated heterocycles. The van der Waals surface area contributed by atoms with Crippen molar-refractivity contribution in [2.75, 3.05) is 0 Å². The van der Waals surface area contributed by atoms with Gasteiger partial charge in [-0.1, -0.05) is 0 Å². The molecule has 19 heavy (non-hydrogen) atoms. The van der Waals surface area contributed by atoms with Gasteiger partial charge in [-0.2, -0.15) is 0 Å². The summed E-state index contributed by atoms with van der Waals surface area (Å²) < 4.78 is 3.80. The van der Waals surface area contributed by atoms with Gasteiger partial charge in [0.25, 0.3) is 0 Å². The van der Waals surface area contributed by atoms with Gasteiger partial charge < -0.3 is 0 Å². The van der Waals surface area contributed by atoms with Crippen molar-refractivity contribution >= 4 is 30.7 Å². The molecule has 0 amide bonds. The Morgan fingerprint density at radius 3 is 2.26 bits per heavy atom. The smallest absolute Gasteiger partial charge is 0.147 e. The molecule has 0 atom stereocenters. The first-order valence-corrected chi connectivity index (χ1v) is 16.3. The second kappa shape index (κ2) is 8.82. The molecule has 0 fully saturated rings. The second-order valence-corrected chi connectivity index (χ2v) is 24.9. The van der Waals surface area contributed by atoms with Crippen molar-refractivity contribution in [3.8, 4) is 0 Å². The Morgan fingerprint density at radius 2 is 1.79 bits per heavy atom. The van der Waals surface area contributed by atoms with Crippen molar-refractivity contribution in [3.05, 3.63) is 42.5 Å². The number of hydrogen-bond acceptors (Lipinski definition) is 0. The third-order valence-electron chi connectivity index (χ3n) is 3.61. The fourth-order valence-corrected chi connectivity index (χ4v) is 22.9. The topological polar surface area (TPSA) is 0 Å². The maximum absolute atomic E-state index is 2.58. The summed E-state index contributed by atoms with van der Waals surface area (Å²) in [6.07, 6.45) is 14.5. The molecule has 0 N–H and O–H groups in total. The van der Waals surface area contributed by atoms with E-state index < -0.39 is 26.8 Å². The van der Waals surface area contributed by atoms with Gasteiger partial charge in [-0.3, -0.25) is 0 Å². The quantitative estimate of drug-likeness (QED) is 0.578. The monoisotopic (exact) mass is 393 g/mol. The summed E-state index contributed by atoms with van der Waals surface area (Å²) in [6.45, 7) is 9.87. The molecular formula is C15H25Cl2SiZr. The molecule has 0 spiro atoms. The molecule has 2 aliphatic rings. The fourth-order valence-electron chi connectivity index (χ4n) is 2.89. The van der Waals surface area contributed by atoms with Crippen molar-refractivity contribution in [1.29, 1.82) is 0 Å². The first-order chi connectivity index (χ1) is 8.11. The van der Waals surface area contributed by atoms with Crippen molar-refractivity contribution < 1.29 is 20.9 Å². The summed E-state index contributed by atoms with van der Waals surface area (Å²) in [5.41, 5.74) is 1.70. The van der Waals surface area contributed by atoms with Crippen LogP contribution in [-0.4, -0.2) is 5.92 Å². The van der Waals surface area contributed by atoms with E-state index in [-0.39, 0.29) is 24.8 Å². The van der Waals surface area contributed by atoms with Crippen molar-refractivity contribution in [3.63, 3.8) is 0 Å². The van der Waals surface area contributed by atoms with Crippen LogP contribution >= 0.6 is 24.8 Å². The number of hydrogen-bond donors (Lipinski definition) is 0. The van der Waals surface area contributed by atoms with Crippen LogP contribution in [0.15, 0.2) is 42.5 Å². The number of allylic oxidation sites excluding steroid dienone is 8. The number of halogens is 2. The van der Waals surface area contributed by atoms with Gasteiger partial charge in [0.2, 0.25) is 0 Å². The number of rotatable bonds is 4. The minimum atomic E-state index is -1.42. The van der Waals surface area contributed by atoms with E-state index >= 15 is 0 Å². The minimum Gasteiger partial charge on any atom is -0.147 e. The molecule has 0 aromatic carbocycles. The largest absolute Gasteiger partial charge is 0.147 e. The van der Waals surface area contributed by atoms with Gasteiger partial charge >= 0.3 is 115 Å². The molecule has 0 bridgehead atoms. The Balaban J connectivity index is 0.00000162. The van der Waals surface area contributed by atoms with E-state index in [4.69, 9.17) is 0 Å². The average Bonchev–Trinajstić information content (AvgIpc) is 2.87. The third kappa shape index (κ3) is 4.56. The van der Waals surface area contributed by atoms with Crippen LogP contribution in [0.3, 0.4) is 0 Å². The summed E-state index contributed by atoms with van der Waals surface area (Å²) in [4.78, 5) is 0. The van der Waals surface area contributed by atoms with Crippen molar-refractivity contribution in [1.82, 2.24) is 0 Å². The zero-order valence-corrected chi connectivity index (χ0v) is 17.5. The Bertz CT molecular complexity index is 420. The van der Waals surface area contributed by atoms with E-state index in [0.29, 0.717) is 0 Å². The molecule has 0 aromatic heterocycles. The zero-order chi connectivity index (χ0) is 12.4. The van der Waals surface area contributed by atoms with Crippen LogP contribution in [-0.2, 0) is 20.9 Å². The van der Waals surface area contributed by atoms with Crippen LogP contribution in [0.4, 0.5) is 0 Å². The van der Waals surface area contributed by atoms with Gasteiger partial charge in [-0.15, -0.1) is 24.8 Å². The normalized spacial score (nSPS) is 16.8. The molecule has 107 valence electrons.